The van der Waals surface area contributed by atoms with Crippen molar-refractivity contribution in [3.8, 4) is 0 Å². The largest absolute Gasteiger partial charge is 0.466 e. The maximum Gasteiger partial charge on any atom is 0.305 e. The Kier molecular flexibility index (Phi) is 12.1. The minimum Gasteiger partial charge on any atom is -0.466 e. The van der Waals surface area contributed by atoms with E-state index >= 15 is 0 Å². The highest BCUT2D eigenvalue weighted by Gasteiger charge is 2.01. The average Bonchev–Trinajstić information content (AvgIpc) is 2.28. The number of esters is 1. The minimum absolute atomic E-state index is 0.0865. The van der Waals surface area contributed by atoms with Gasteiger partial charge in [0.05, 0.1) is 6.61 Å². The van der Waals surface area contributed by atoms with E-state index in [9.17, 15) is 4.79 Å². The summed E-state index contributed by atoms with van der Waals surface area (Å²) in [7, 11) is 0. The fourth-order valence-corrected chi connectivity index (χ4v) is 1.35. The molecular formula is C13H26O3. The second-order valence-corrected chi connectivity index (χ2v) is 4.00. The number of hydrogen-bond donors (Lipinski definition) is 0. The molecule has 0 saturated heterocycles. The van der Waals surface area contributed by atoms with Crippen LogP contribution in [0.15, 0.2) is 0 Å². The van der Waals surface area contributed by atoms with Crippen LogP contribution in [0.1, 0.15) is 58.8 Å². The van der Waals surface area contributed by atoms with Crippen molar-refractivity contribution in [1.29, 1.82) is 0 Å². The highest BCUT2D eigenvalue weighted by atomic mass is 16.5. The molecule has 0 bridgehead atoms. The first-order valence-corrected chi connectivity index (χ1v) is 6.54. The number of ether oxygens (including phenoxy) is 2. The quantitative estimate of drug-likeness (QED) is 0.403. The van der Waals surface area contributed by atoms with Crippen molar-refractivity contribution in [2.75, 3.05) is 19.8 Å². The minimum atomic E-state index is -0.0865. The van der Waals surface area contributed by atoms with Crippen LogP contribution in [0.2, 0.25) is 0 Å². The van der Waals surface area contributed by atoms with Crippen molar-refractivity contribution in [1.82, 2.24) is 0 Å². The number of carbonyl (C=O) groups excluding carboxylic acids is 1. The smallest absolute Gasteiger partial charge is 0.305 e. The highest BCUT2D eigenvalue weighted by molar-refractivity contribution is 5.69. The molecule has 0 rings (SSSR count). The van der Waals surface area contributed by atoms with E-state index in [1.165, 1.54) is 12.8 Å². The van der Waals surface area contributed by atoms with Crippen LogP contribution in [0.25, 0.3) is 0 Å². The predicted molar refractivity (Wildman–Crippen MR) is 65.4 cm³/mol. The molecule has 3 heteroatoms. The molecule has 0 aliphatic heterocycles. The normalized spacial score (nSPS) is 10.4. The summed E-state index contributed by atoms with van der Waals surface area (Å²) in [6, 6.07) is 0. The topological polar surface area (TPSA) is 35.5 Å². The van der Waals surface area contributed by atoms with E-state index in [1.807, 2.05) is 0 Å². The molecule has 0 heterocycles. The summed E-state index contributed by atoms with van der Waals surface area (Å²) in [5.74, 6) is -0.0865. The standard InChI is InChI=1S/C13H26O3/c1-3-5-6-7-12-16-13(14)9-8-11-15-10-4-2/h3-12H2,1-2H3. The first-order chi connectivity index (χ1) is 7.81. The summed E-state index contributed by atoms with van der Waals surface area (Å²) in [4.78, 5) is 11.2. The third-order valence-electron chi connectivity index (χ3n) is 2.28. The molecule has 96 valence electrons. The Balaban J connectivity index is 3.12. The van der Waals surface area contributed by atoms with Crippen LogP contribution in [0.3, 0.4) is 0 Å². The van der Waals surface area contributed by atoms with Crippen molar-refractivity contribution in [2.24, 2.45) is 0 Å². The van der Waals surface area contributed by atoms with Gasteiger partial charge in [0.15, 0.2) is 0 Å². The fraction of sp³-hybridized carbons (Fsp3) is 0.923. The van der Waals surface area contributed by atoms with Gasteiger partial charge in [0, 0.05) is 19.6 Å². The molecule has 0 atom stereocenters. The molecule has 0 aromatic carbocycles. The zero-order valence-corrected chi connectivity index (χ0v) is 10.8. The van der Waals surface area contributed by atoms with E-state index in [0.29, 0.717) is 19.6 Å². The molecule has 0 aromatic heterocycles. The van der Waals surface area contributed by atoms with E-state index in [1.54, 1.807) is 0 Å². The van der Waals surface area contributed by atoms with E-state index in [2.05, 4.69) is 13.8 Å². The van der Waals surface area contributed by atoms with Crippen LogP contribution < -0.4 is 0 Å². The van der Waals surface area contributed by atoms with Gasteiger partial charge in [-0.3, -0.25) is 4.79 Å². The van der Waals surface area contributed by atoms with Crippen LogP contribution in [-0.2, 0) is 14.3 Å². The van der Waals surface area contributed by atoms with Gasteiger partial charge < -0.3 is 9.47 Å². The fourth-order valence-electron chi connectivity index (χ4n) is 1.35. The second-order valence-electron chi connectivity index (χ2n) is 4.00. The SMILES string of the molecule is CCCCCCOC(=O)CCCOCCC. The van der Waals surface area contributed by atoms with Gasteiger partial charge in [0.25, 0.3) is 0 Å². The Morgan fingerprint density at radius 3 is 2.38 bits per heavy atom. The highest BCUT2D eigenvalue weighted by Crippen LogP contribution is 2.00. The predicted octanol–water partition coefficient (Wildman–Crippen LogP) is 3.32. The molecule has 0 spiro atoms. The summed E-state index contributed by atoms with van der Waals surface area (Å²) in [6.07, 6.45) is 6.87. The van der Waals surface area contributed by atoms with Gasteiger partial charge in [-0.15, -0.1) is 0 Å². The van der Waals surface area contributed by atoms with Gasteiger partial charge in [-0.25, -0.2) is 0 Å². The number of carbonyl (C=O) groups is 1. The number of hydrogen-bond acceptors (Lipinski definition) is 3. The average molecular weight is 230 g/mol. The summed E-state index contributed by atoms with van der Waals surface area (Å²) < 4.78 is 10.4. The van der Waals surface area contributed by atoms with E-state index in [-0.39, 0.29) is 5.97 Å². The lowest BCUT2D eigenvalue weighted by molar-refractivity contribution is -0.144. The third-order valence-corrected chi connectivity index (χ3v) is 2.28. The van der Waals surface area contributed by atoms with Crippen LogP contribution in [-0.4, -0.2) is 25.8 Å². The molecule has 0 aliphatic rings. The summed E-state index contributed by atoms with van der Waals surface area (Å²) in [6.45, 7) is 6.27. The van der Waals surface area contributed by atoms with Crippen LogP contribution >= 0.6 is 0 Å². The molecule has 0 fully saturated rings. The Hall–Kier alpha value is -0.570. The van der Waals surface area contributed by atoms with Gasteiger partial charge in [0.1, 0.15) is 0 Å². The van der Waals surface area contributed by atoms with Crippen molar-refractivity contribution in [2.45, 2.75) is 58.8 Å². The van der Waals surface area contributed by atoms with Gasteiger partial charge in [-0.05, 0) is 19.3 Å². The Labute approximate surface area is 99.5 Å². The lowest BCUT2D eigenvalue weighted by atomic mass is 10.2. The zero-order chi connectivity index (χ0) is 12.1. The monoisotopic (exact) mass is 230 g/mol. The van der Waals surface area contributed by atoms with Gasteiger partial charge in [0.2, 0.25) is 0 Å². The maximum atomic E-state index is 11.2. The van der Waals surface area contributed by atoms with Gasteiger partial charge >= 0.3 is 5.97 Å². The summed E-state index contributed by atoms with van der Waals surface area (Å²) in [5.41, 5.74) is 0. The molecule has 0 unspecified atom stereocenters. The van der Waals surface area contributed by atoms with Gasteiger partial charge in [-0.1, -0.05) is 33.1 Å². The van der Waals surface area contributed by atoms with Crippen molar-refractivity contribution < 1.29 is 14.3 Å². The lowest BCUT2D eigenvalue weighted by Gasteiger charge is -2.05. The first-order valence-electron chi connectivity index (χ1n) is 6.54. The Morgan fingerprint density at radius 1 is 0.875 bits per heavy atom. The lowest BCUT2D eigenvalue weighted by Crippen LogP contribution is -2.07. The van der Waals surface area contributed by atoms with Crippen molar-refractivity contribution >= 4 is 5.97 Å². The molecule has 0 aliphatic carbocycles. The molecule has 0 radical (unpaired) electrons. The van der Waals surface area contributed by atoms with Crippen LogP contribution in [0, 0.1) is 0 Å². The number of unbranched alkanes of at least 4 members (excludes halogenated alkanes) is 3. The van der Waals surface area contributed by atoms with Crippen LogP contribution in [0.5, 0.6) is 0 Å². The molecule has 16 heavy (non-hydrogen) atoms. The van der Waals surface area contributed by atoms with E-state index in [0.717, 1.165) is 32.3 Å². The summed E-state index contributed by atoms with van der Waals surface area (Å²) in [5, 5.41) is 0. The third kappa shape index (κ3) is 11.5. The van der Waals surface area contributed by atoms with Gasteiger partial charge in [-0.2, -0.15) is 0 Å². The maximum absolute atomic E-state index is 11.2. The molecular weight excluding hydrogens is 204 g/mol. The first kappa shape index (κ1) is 15.4. The summed E-state index contributed by atoms with van der Waals surface area (Å²) >= 11 is 0. The van der Waals surface area contributed by atoms with Crippen molar-refractivity contribution in [3.63, 3.8) is 0 Å². The van der Waals surface area contributed by atoms with E-state index in [4.69, 9.17) is 9.47 Å². The molecule has 0 saturated carbocycles. The van der Waals surface area contributed by atoms with Crippen LogP contribution in [0.4, 0.5) is 0 Å². The Bertz CT molecular complexity index is 141. The number of rotatable bonds is 11. The Morgan fingerprint density at radius 2 is 1.69 bits per heavy atom. The second kappa shape index (κ2) is 12.5. The van der Waals surface area contributed by atoms with E-state index < -0.39 is 0 Å². The molecule has 0 amide bonds. The van der Waals surface area contributed by atoms with Crippen molar-refractivity contribution in [3.05, 3.63) is 0 Å². The zero-order valence-electron chi connectivity index (χ0n) is 10.8. The molecule has 0 aromatic rings. The molecule has 3 nitrogen and oxygen atoms in total. The molecule has 0 N–H and O–H groups in total.